The summed E-state index contributed by atoms with van der Waals surface area (Å²) in [6, 6.07) is -0.262. The predicted molar refractivity (Wildman–Crippen MR) is 59.6 cm³/mol. The van der Waals surface area contributed by atoms with Crippen molar-refractivity contribution in [3.05, 3.63) is 0 Å². The second-order valence-electron chi connectivity index (χ2n) is 3.18. The molecule has 0 bridgehead atoms. The number of halogens is 1. The van der Waals surface area contributed by atoms with Gasteiger partial charge in [-0.1, -0.05) is 15.9 Å². The molecule has 1 atom stereocenters. The molecule has 0 saturated carbocycles. The Morgan fingerprint density at radius 2 is 1.71 bits per heavy atom. The monoisotopic (exact) mass is 307 g/mol. The molecule has 5 nitrogen and oxygen atoms in total. The van der Waals surface area contributed by atoms with Gasteiger partial charge in [0.2, 0.25) is 10.0 Å². The van der Waals surface area contributed by atoms with Gasteiger partial charge in [0.25, 0.3) is 0 Å². The van der Waals surface area contributed by atoms with Crippen LogP contribution in [0.1, 0.15) is 6.92 Å². The van der Waals surface area contributed by atoms with Gasteiger partial charge in [0.05, 0.1) is 0 Å². The zero-order valence-corrected chi connectivity index (χ0v) is 11.5. The summed E-state index contributed by atoms with van der Waals surface area (Å²) >= 11 is 3.13. The van der Waals surface area contributed by atoms with Crippen molar-refractivity contribution in [2.24, 2.45) is 0 Å². The van der Waals surface area contributed by atoms with Gasteiger partial charge in [0.15, 0.2) is 14.9 Å². The maximum Gasteiger partial charge on any atom is 0.228 e. The number of sulfonamides is 1. The normalized spacial score (nSPS) is 15.8. The van der Waals surface area contributed by atoms with E-state index in [1.54, 1.807) is 6.92 Å². The minimum absolute atomic E-state index is 0.262. The van der Waals surface area contributed by atoms with Crippen molar-refractivity contribution >= 4 is 35.8 Å². The highest BCUT2D eigenvalue weighted by molar-refractivity contribution is 9.09. The van der Waals surface area contributed by atoms with Gasteiger partial charge in [0, 0.05) is 24.7 Å². The average Bonchev–Trinajstić information content (AvgIpc) is 1.97. The average molecular weight is 308 g/mol. The molecule has 0 radical (unpaired) electrons. The molecule has 0 rings (SSSR count). The van der Waals surface area contributed by atoms with Crippen LogP contribution in [0.5, 0.6) is 0 Å². The van der Waals surface area contributed by atoms with Crippen LogP contribution in [-0.4, -0.2) is 50.9 Å². The summed E-state index contributed by atoms with van der Waals surface area (Å²) in [5.41, 5.74) is 0. The van der Waals surface area contributed by atoms with Crippen LogP contribution in [0.4, 0.5) is 0 Å². The maximum absolute atomic E-state index is 11.5. The van der Waals surface area contributed by atoms with Crippen molar-refractivity contribution in [1.82, 2.24) is 4.31 Å². The molecule has 0 saturated heterocycles. The van der Waals surface area contributed by atoms with Crippen LogP contribution in [0.15, 0.2) is 0 Å². The lowest BCUT2D eigenvalue weighted by molar-refractivity contribution is 0.419. The molecular weight excluding hydrogens is 294 g/mol. The minimum Gasteiger partial charge on any atom is -0.228 e. The molecule has 0 aliphatic rings. The van der Waals surface area contributed by atoms with Gasteiger partial charge in [-0.2, -0.15) is 0 Å². The lowest BCUT2D eigenvalue weighted by Gasteiger charge is -2.21. The molecule has 0 aliphatic heterocycles. The van der Waals surface area contributed by atoms with Crippen LogP contribution >= 0.6 is 15.9 Å². The molecule has 8 heteroatoms. The fourth-order valence-corrected chi connectivity index (χ4v) is 4.80. The summed E-state index contributed by atoms with van der Waals surface area (Å²) in [6.07, 6.45) is 0.900. The third-order valence-electron chi connectivity index (χ3n) is 1.65. The Bertz CT molecular complexity index is 375. The molecule has 1 unspecified atom stereocenters. The van der Waals surface area contributed by atoms with Crippen LogP contribution in [0.2, 0.25) is 0 Å². The van der Waals surface area contributed by atoms with Crippen molar-refractivity contribution in [1.29, 1.82) is 0 Å². The van der Waals surface area contributed by atoms with Gasteiger partial charge < -0.3 is 0 Å². The van der Waals surface area contributed by atoms with Gasteiger partial charge in [-0.15, -0.1) is 0 Å². The lowest BCUT2D eigenvalue weighted by atomic mass is 10.4. The molecule has 14 heavy (non-hydrogen) atoms. The summed E-state index contributed by atoms with van der Waals surface area (Å²) in [6.45, 7) is 1.69. The first-order chi connectivity index (χ1) is 6.10. The third kappa shape index (κ3) is 4.72. The van der Waals surface area contributed by atoms with Gasteiger partial charge in [0.1, 0.15) is 0 Å². The number of alkyl halides is 1. The number of hydrogen-bond acceptors (Lipinski definition) is 4. The van der Waals surface area contributed by atoms with Crippen LogP contribution < -0.4 is 0 Å². The van der Waals surface area contributed by atoms with Gasteiger partial charge in [-0.3, -0.25) is 0 Å². The molecule has 86 valence electrons. The minimum atomic E-state index is -3.71. The first-order valence-corrected chi connectivity index (χ1v) is 8.58. The maximum atomic E-state index is 11.5. The summed E-state index contributed by atoms with van der Waals surface area (Å²) < 4.78 is 45.7. The second kappa shape index (κ2) is 4.91. The predicted octanol–water partition coefficient (Wildman–Crippen LogP) is 0.0335. The molecule has 0 heterocycles. The molecule has 0 aliphatic carbocycles. The Morgan fingerprint density at radius 1 is 1.29 bits per heavy atom. The first-order valence-electron chi connectivity index (χ1n) is 3.79. The van der Waals surface area contributed by atoms with Crippen LogP contribution in [0, 0.1) is 0 Å². The molecule has 0 aromatic rings. The first kappa shape index (κ1) is 14.3. The molecule has 0 aromatic carbocycles. The van der Waals surface area contributed by atoms with Crippen LogP contribution in [0.25, 0.3) is 0 Å². The standard InChI is InChI=1S/C6H14BrNO4S2/c1-6(4-7)8(2)14(11,12)5-13(3,9)10/h6H,4-5H2,1-3H3. The van der Waals surface area contributed by atoms with Gasteiger partial charge in [-0.25, -0.2) is 21.1 Å². The highest BCUT2D eigenvalue weighted by Gasteiger charge is 2.26. The number of nitrogens with zero attached hydrogens (tertiary/aromatic N) is 1. The van der Waals surface area contributed by atoms with E-state index in [0.717, 1.165) is 10.6 Å². The summed E-state index contributed by atoms with van der Waals surface area (Å²) in [7, 11) is -5.86. The van der Waals surface area contributed by atoms with E-state index >= 15 is 0 Å². The van der Waals surface area contributed by atoms with Gasteiger partial charge >= 0.3 is 0 Å². The number of rotatable bonds is 5. The van der Waals surface area contributed by atoms with Crippen LogP contribution in [-0.2, 0) is 19.9 Å². The van der Waals surface area contributed by atoms with E-state index in [2.05, 4.69) is 15.9 Å². The molecule has 0 spiro atoms. The summed E-state index contributed by atoms with van der Waals surface area (Å²) in [5, 5.41) is -0.375. The van der Waals surface area contributed by atoms with Crippen molar-refractivity contribution in [2.75, 3.05) is 23.7 Å². The topological polar surface area (TPSA) is 71.5 Å². The number of hydrogen-bond donors (Lipinski definition) is 0. The Hall–Kier alpha value is 0.340. The number of sulfone groups is 1. The SMILES string of the molecule is CC(CBr)N(C)S(=O)(=O)CS(C)(=O)=O. The zero-order valence-electron chi connectivity index (χ0n) is 8.27. The van der Waals surface area contributed by atoms with E-state index in [-0.39, 0.29) is 6.04 Å². The molecule has 0 aromatic heterocycles. The van der Waals surface area contributed by atoms with E-state index in [1.807, 2.05) is 0 Å². The van der Waals surface area contributed by atoms with E-state index in [4.69, 9.17) is 0 Å². The van der Waals surface area contributed by atoms with Crippen molar-refractivity contribution < 1.29 is 16.8 Å². The zero-order chi connectivity index (χ0) is 11.6. The largest absolute Gasteiger partial charge is 0.228 e. The molecule has 0 fully saturated rings. The lowest BCUT2D eigenvalue weighted by Crippen LogP contribution is -2.39. The second-order valence-corrected chi connectivity index (χ2v) is 8.36. The van der Waals surface area contributed by atoms with E-state index in [9.17, 15) is 16.8 Å². The molecular formula is C6H14BrNO4S2. The fourth-order valence-electron chi connectivity index (χ4n) is 0.725. The van der Waals surface area contributed by atoms with E-state index in [1.165, 1.54) is 7.05 Å². The van der Waals surface area contributed by atoms with Crippen molar-refractivity contribution in [2.45, 2.75) is 13.0 Å². The Balaban J connectivity index is 4.82. The smallest absolute Gasteiger partial charge is 0.228 e. The van der Waals surface area contributed by atoms with Gasteiger partial charge in [-0.05, 0) is 6.92 Å². The van der Waals surface area contributed by atoms with Crippen LogP contribution in [0.3, 0.4) is 0 Å². The van der Waals surface area contributed by atoms with Crippen molar-refractivity contribution in [3.8, 4) is 0 Å². The Kier molecular flexibility index (Phi) is 5.03. The summed E-state index contributed by atoms with van der Waals surface area (Å²) in [5.74, 6) is 0. The van der Waals surface area contributed by atoms with E-state index in [0.29, 0.717) is 5.33 Å². The molecule has 0 N–H and O–H groups in total. The third-order valence-corrected chi connectivity index (χ3v) is 6.72. The summed E-state index contributed by atoms with van der Waals surface area (Å²) in [4.78, 5) is 0. The fraction of sp³-hybridized carbons (Fsp3) is 1.00. The Morgan fingerprint density at radius 3 is 2.00 bits per heavy atom. The van der Waals surface area contributed by atoms with Crippen molar-refractivity contribution in [3.63, 3.8) is 0 Å². The van der Waals surface area contributed by atoms with E-state index < -0.39 is 24.9 Å². The highest BCUT2D eigenvalue weighted by atomic mass is 79.9. The Labute approximate surface area is 93.6 Å². The quantitative estimate of drug-likeness (QED) is 0.672. The highest BCUT2D eigenvalue weighted by Crippen LogP contribution is 2.08. The molecule has 0 amide bonds.